The molecule has 0 bridgehead atoms. The van der Waals surface area contributed by atoms with Crippen molar-refractivity contribution in [2.45, 2.75) is 0 Å². The second-order valence-electron chi connectivity index (χ2n) is 4.11. The van der Waals surface area contributed by atoms with Crippen LogP contribution in [0.1, 0.15) is 15.9 Å². The summed E-state index contributed by atoms with van der Waals surface area (Å²) in [7, 11) is 0. The lowest BCUT2D eigenvalue weighted by Crippen LogP contribution is -2.17. The third-order valence-corrected chi connectivity index (χ3v) is 2.94. The molecule has 0 aromatic heterocycles. The van der Waals surface area contributed by atoms with E-state index in [1.54, 1.807) is 18.2 Å². The van der Waals surface area contributed by atoms with Crippen LogP contribution in [0.25, 0.3) is 6.08 Å². The van der Waals surface area contributed by atoms with Crippen LogP contribution in [0, 0.1) is 5.82 Å². The van der Waals surface area contributed by atoms with Gasteiger partial charge >= 0.3 is 0 Å². The van der Waals surface area contributed by atoms with Gasteiger partial charge in [0.25, 0.3) is 5.91 Å². The molecule has 3 nitrogen and oxygen atoms in total. The second-order valence-corrected chi connectivity index (χ2v) is 4.52. The molecule has 0 fully saturated rings. The fraction of sp³-hybridized carbons (Fsp3) is 0. The van der Waals surface area contributed by atoms with Crippen LogP contribution in [0.4, 0.5) is 4.39 Å². The number of amides is 1. The molecule has 0 saturated heterocycles. The number of halogens is 2. The van der Waals surface area contributed by atoms with Gasteiger partial charge in [0.1, 0.15) is 5.82 Å². The molecule has 1 N–H and O–H groups in total. The fourth-order valence-corrected chi connectivity index (χ4v) is 1.79. The van der Waals surface area contributed by atoms with Crippen molar-refractivity contribution in [3.63, 3.8) is 0 Å². The number of carbonyl (C=O) groups is 1. The Morgan fingerprint density at radius 3 is 2.76 bits per heavy atom. The molecule has 5 heteroatoms. The minimum Gasteiger partial charge on any atom is -0.267 e. The summed E-state index contributed by atoms with van der Waals surface area (Å²) in [5, 5.41) is 4.38. The Balaban J connectivity index is 1.91. The van der Waals surface area contributed by atoms with Gasteiger partial charge in [-0.15, -0.1) is 0 Å². The van der Waals surface area contributed by atoms with Gasteiger partial charge in [0, 0.05) is 16.8 Å². The van der Waals surface area contributed by atoms with Crippen LogP contribution in [0.3, 0.4) is 0 Å². The number of benzene rings is 2. The predicted octanol–water partition coefficient (Wildman–Crippen LogP) is 3.91. The van der Waals surface area contributed by atoms with Gasteiger partial charge in [0.15, 0.2) is 0 Å². The molecule has 0 spiro atoms. The molecule has 0 aliphatic rings. The Labute approximate surface area is 126 Å². The van der Waals surface area contributed by atoms with E-state index in [0.717, 1.165) is 11.6 Å². The summed E-state index contributed by atoms with van der Waals surface area (Å²) in [4.78, 5) is 11.6. The Morgan fingerprint density at radius 2 is 2.00 bits per heavy atom. The minimum absolute atomic E-state index is 0.210. The normalized spacial score (nSPS) is 11.1. The van der Waals surface area contributed by atoms with Crippen molar-refractivity contribution < 1.29 is 9.18 Å². The van der Waals surface area contributed by atoms with Crippen LogP contribution < -0.4 is 5.43 Å². The number of rotatable bonds is 4. The van der Waals surface area contributed by atoms with Gasteiger partial charge in [-0.3, -0.25) is 4.79 Å². The highest BCUT2D eigenvalue weighted by atomic mass is 35.5. The molecule has 2 aromatic carbocycles. The maximum atomic E-state index is 13.0. The highest BCUT2D eigenvalue weighted by Gasteiger charge is 2.03. The Morgan fingerprint density at radius 1 is 1.19 bits per heavy atom. The van der Waals surface area contributed by atoms with E-state index >= 15 is 0 Å². The summed E-state index contributed by atoms with van der Waals surface area (Å²) in [5.41, 5.74) is 3.37. The van der Waals surface area contributed by atoms with Crippen LogP contribution in [-0.2, 0) is 0 Å². The average molecular weight is 303 g/mol. The van der Waals surface area contributed by atoms with Gasteiger partial charge in [-0.2, -0.15) is 5.10 Å². The molecule has 0 radical (unpaired) electrons. The van der Waals surface area contributed by atoms with Crippen LogP contribution in [0.15, 0.2) is 59.7 Å². The number of nitrogens with zero attached hydrogens (tertiary/aromatic N) is 1. The molecule has 2 rings (SSSR count). The van der Waals surface area contributed by atoms with E-state index in [1.165, 1.54) is 24.4 Å². The van der Waals surface area contributed by atoms with Crippen LogP contribution in [0.5, 0.6) is 0 Å². The van der Waals surface area contributed by atoms with Gasteiger partial charge in [-0.1, -0.05) is 41.9 Å². The van der Waals surface area contributed by atoms with Gasteiger partial charge in [0.05, 0.1) is 0 Å². The number of allylic oxidation sites excluding steroid dienone is 1. The lowest BCUT2D eigenvalue weighted by atomic mass is 10.2. The number of hydrazone groups is 1. The van der Waals surface area contributed by atoms with Crippen molar-refractivity contribution in [2.24, 2.45) is 5.10 Å². The molecule has 106 valence electrons. The molecule has 2 aromatic rings. The second kappa shape index (κ2) is 7.36. The standard InChI is InChI=1S/C16H12ClFN2O/c17-15-9-2-1-5-12(15)7-4-10-19-20-16(21)13-6-3-8-14(18)11-13/h1-11H,(H,20,21)/b7-4+,19-10+. The summed E-state index contributed by atoms with van der Waals surface area (Å²) in [5.74, 6) is -0.942. The summed E-state index contributed by atoms with van der Waals surface area (Å²) in [6, 6.07) is 12.7. The molecular formula is C16H12ClFN2O. The molecule has 0 atom stereocenters. The van der Waals surface area contributed by atoms with Crippen molar-refractivity contribution in [1.29, 1.82) is 0 Å². The summed E-state index contributed by atoms with van der Waals surface area (Å²) >= 11 is 5.98. The number of hydrogen-bond donors (Lipinski definition) is 1. The van der Waals surface area contributed by atoms with E-state index in [-0.39, 0.29) is 5.56 Å². The van der Waals surface area contributed by atoms with Gasteiger partial charge in [-0.05, 0) is 35.9 Å². The van der Waals surface area contributed by atoms with Gasteiger partial charge in [0.2, 0.25) is 0 Å². The maximum Gasteiger partial charge on any atom is 0.271 e. The molecule has 0 heterocycles. The fourth-order valence-electron chi connectivity index (χ4n) is 1.59. The first kappa shape index (κ1) is 14.9. The number of nitrogens with one attached hydrogen (secondary N) is 1. The molecule has 0 saturated carbocycles. The van der Waals surface area contributed by atoms with Crippen LogP contribution in [-0.4, -0.2) is 12.1 Å². The van der Waals surface area contributed by atoms with E-state index in [0.29, 0.717) is 5.02 Å². The van der Waals surface area contributed by atoms with Crippen molar-refractivity contribution in [3.8, 4) is 0 Å². The molecular weight excluding hydrogens is 291 g/mol. The summed E-state index contributed by atoms with van der Waals surface area (Å²) in [6.07, 6.45) is 4.83. The molecule has 0 unspecified atom stereocenters. The Hall–Kier alpha value is -2.46. The zero-order valence-corrected chi connectivity index (χ0v) is 11.7. The summed E-state index contributed by atoms with van der Waals surface area (Å²) < 4.78 is 13.0. The van der Waals surface area contributed by atoms with E-state index < -0.39 is 11.7 Å². The van der Waals surface area contributed by atoms with E-state index in [4.69, 9.17) is 11.6 Å². The van der Waals surface area contributed by atoms with Crippen molar-refractivity contribution in [1.82, 2.24) is 5.43 Å². The lowest BCUT2D eigenvalue weighted by molar-refractivity contribution is 0.0954. The lowest BCUT2D eigenvalue weighted by Gasteiger charge is -1.98. The topological polar surface area (TPSA) is 41.5 Å². The SMILES string of the molecule is O=C(N/N=C/C=C/c1ccccc1Cl)c1cccc(F)c1. The zero-order chi connectivity index (χ0) is 15.1. The van der Waals surface area contributed by atoms with Crippen LogP contribution in [0.2, 0.25) is 5.02 Å². The predicted molar refractivity (Wildman–Crippen MR) is 82.8 cm³/mol. The monoisotopic (exact) mass is 302 g/mol. The van der Waals surface area contributed by atoms with Crippen molar-refractivity contribution in [3.05, 3.63) is 76.6 Å². The minimum atomic E-state index is -0.475. The van der Waals surface area contributed by atoms with Crippen molar-refractivity contribution >= 4 is 29.8 Å². The first-order valence-electron chi connectivity index (χ1n) is 6.17. The zero-order valence-electron chi connectivity index (χ0n) is 11.0. The summed E-state index contributed by atoms with van der Waals surface area (Å²) in [6.45, 7) is 0. The third-order valence-electron chi connectivity index (χ3n) is 2.59. The highest BCUT2D eigenvalue weighted by molar-refractivity contribution is 6.32. The molecule has 0 aliphatic heterocycles. The largest absolute Gasteiger partial charge is 0.271 e. The quantitative estimate of drug-likeness (QED) is 0.675. The van der Waals surface area contributed by atoms with Crippen molar-refractivity contribution in [2.75, 3.05) is 0 Å². The third kappa shape index (κ3) is 4.54. The first-order chi connectivity index (χ1) is 10.2. The molecule has 0 aliphatic carbocycles. The Bertz CT molecular complexity index is 698. The van der Waals surface area contributed by atoms with Crippen LogP contribution >= 0.6 is 11.6 Å². The smallest absolute Gasteiger partial charge is 0.267 e. The average Bonchev–Trinajstić information content (AvgIpc) is 2.48. The molecule has 21 heavy (non-hydrogen) atoms. The Kier molecular flexibility index (Phi) is 5.23. The highest BCUT2D eigenvalue weighted by Crippen LogP contribution is 2.15. The van der Waals surface area contributed by atoms with Gasteiger partial charge in [-0.25, -0.2) is 9.82 Å². The maximum absolute atomic E-state index is 13.0. The molecule has 1 amide bonds. The van der Waals surface area contributed by atoms with Gasteiger partial charge < -0.3 is 0 Å². The number of hydrogen-bond acceptors (Lipinski definition) is 2. The van der Waals surface area contributed by atoms with E-state index in [9.17, 15) is 9.18 Å². The first-order valence-corrected chi connectivity index (χ1v) is 6.55. The van der Waals surface area contributed by atoms with E-state index in [1.807, 2.05) is 18.2 Å². The number of carbonyl (C=O) groups excluding carboxylic acids is 1. The van der Waals surface area contributed by atoms with E-state index in [2.05, 4.69) is 10.5 Å².